The molecule has 0 radical (unpaired) electrons. The van der Waals surface area contributed by atoms with E-state index in [2.05, 4.69) is 5.32 Å². The Morgan fingerprint density at radius 1 is 1.28 bits per heavy atom. The number of carboxylic acids is 1. The van der Waals surface area contributed by atoms with Gasteiger partial charge in [-0.05, 0) is 18.4 Å². The van der Waals surface area contributed by atoms with E-state index in [1.54, 1.807) is 13.3 Å². The number of rotatable bonds is 9. The first-order chi connectivity index (χ1) is 11.9. The summed E-state index contributed by atoms with van der Waals surface area (Å²) in [6.07, 6.45) is 2.34. The quantitative estimate of drug-likeness (QED) is 0.732. The van der Waals surface area contributed by atoms with E-state index in [1.165, 1.54) is 0 Å². The minimum absolute atomic E-state index is 0.129. The lowest BCUT2D eigenvalue weighted by Crippen LogP contribution is -2.33. The molecule has 2 aromatic rings. The maximum atomic E-state index is 12.6. The molecule has 1 aromatic heterocycles. The van der Waals surface area contributed by atoms with Crippen LogP contribution in [0, 0.1) is 11.8 Å². The van der Waals surface area contributed by atoms with Crippen LogP contribution in [0.5, 0.6) is 0 Å². The number of amides is 1. The second-order valence-electron chi connectivity index (χ2n) is 6.62. The zero-order valence-electron chi connectivity index (χ0n) is 15.0. The van der Waals surface area contributed by atoms with Crippen LogP contribution in [-0.4, -0.2) is 41.8 Å². The van der Waals surface area contributed by atoms with Gasteiger partial charge in [-0.3, -0.25) is 9.59 Å². The summed E-state index contributed by atoms with van der Waals surface area (Å²) in [5.41, 5.74) is 1.52. The van der Waals surface area contributed by atoms with Crippen molar-refractivity contribution in [2.24, 2.45) is 11.8 Å². The Morgan fingerprint density at radius 2 is 2.00 bits per heavy atom. The van der Waals surface area contributed by atoms with Crippen LogP contribution in [0.2, 0.25) is 0 Å². The molecule has 0 saturated carbocycles. The third kappa shape index (κ3) is 4.82. The highest BCUT2D eigenvalue weighted by Gasteiger charge is 2.21. The first-order valence-corrected chi connectivity index (χ1v) is 8.51. The second kappa shape index (κ2) is 8.67. The Hall–Kier alpha value is -2.34. The minimum atomic E-state index is -0.878. The van der Waals surface area contributed by atoms with Crippen LogP contribution in [0.3, 0.4) is 0 Å². The van der Waals surface area contributed by atoms with E-state index in [-0.39, 0.29) is 18.4 Å². The third-order valence-electron chi connectivity index (χ3n) is 4.18. The van der Waals surface area contributed by atoms with Gasteiger partial charge in [0.05, 0.1) is 18.1 Å². The number of methoxy groups -OCH3 is 1. The van der Waals surface area contributed by atoms with E-state index in [9.17, 15) is 14.7 Å². The summed E-state index contributed by atoms with van der Waals surface area (Å²) in [7, 11) is 1.64. The standard InChI is InChI=1S/C19H26N2O4/c1-13(2)10-14(19(23)24)11-20-18(22)16-12-21(8-9-25-3)17-7-5-4-6-15(16)17/h4-7,12-14H,8-11H2,1-3H3,(H,20,22)(H,23,24). The van der Waals surface area contributed by atoms with Gasteiger partial charge in [-0.1, -0.05) is 32.0 Å². The van der Waals surface area contributed by atoms with Crippen LogP contribution in [0.25, 0.3) is 10.9 Å². The third-order valence-corrected chi connectivity index (χ3v) is 4.18. The Bertz CT molecular complexity index is 736. The van der Waals surface area contributed by atoms with Gasteiger partial charge in [0.15, 0.2) is 0 Å². The number of carboxylic acid groups (broad SMARTS) is 1. The molecule has 0 aliphatic heterocycles. The van der Waals surface area contributed by atoms with Gasteiger partial charge in [0.2, 0.25) is 0 Å². The van der Waals surface area contributed by atoms with E-state index >= 15 is 0 Å². The maximum absolute atomic E-state index is 12.6. The molecule has 0 aliphatic rings. The average molecular weight is 346 g/mol. The number of fused-ring (bicyclic) bond motifs is 1. The number of aromatic nitrogens is 1. The van der Waals surface area contributed by atoms with Gasteiger partial charge in [0.25, 0.3) is 5.91 Å². The first-order valence-electron chi connectivity index (χ1n) is 8.51. The Morgan fingerprint density at radius 3 is 2.64 bits per heavy atom. The Labute approximate surface area is 147 Å². The molecule has 0 spiro atoms. The zero-order chi connectivity index (χ0) is 18.4. The van der Waals surface area contributed by atoms with Crippen molar-refractivity contribution in [3.8, 4) is 0 Å². The van der Waals surface area contributed by atoms with Gasteiger partial charge in [-0.15, -0.1) is 0 Å². The predicted octanol–water partition coefficient (Wildman–Crippen LogP) is 2.76. The van der Waals surface area contributed by atoms with Crippen LogP contribution < -0.4 is 5.32 Å². The lowest BCUT2D eigenvalue weighted by Gasteiger charge is -2.15. The second-order valence-corrected chi connectivity index (χ2v) is 6.62. The number of para-hydroxylation sites is 1. The highest BCUT2D eigenvalue weighted by atomic mass is 16.5. The molecular weight excluding hydrogens is 320 g/mol. The highest BCUT2D eigenvalue weighted by molar-refractivity contribution is 6.07. The maximum Gasteiger partial charge on any atom is 0.308 e. The monoisotopic (exact) mass is 346 g/mol. The highest BCUT2D eigenvalue weighted by Crippen LogP contribution is 2.21. The summed E-state index contributed by atoms with van der Waals surface area (Å²) < 4.78 is 7.10. The van der Waals surface area contributed by atoms with Gasteiger partial charge < -0.3 is 19.7 Å². The van der Waals surface area contributed by atoms with Crippen molar-refractivity contribution >= 4 is 22.8 Å². The molecule has 1 unspecified atom stereocenters. The number of carbonyl (C=O) groups is 2. The molecule has 1 heterocycles. The number of nitrogens with one attached hydrogen (secondary N) is 1. The van der Waals surface area contributed by atoms with E-state index in [1.807, 2.05) is 42.7 Å². The molecule has 1 aromatic carbocycles. The lowest BCUT2D eigenvalue weighted by molar-refractivity contribution is -0.142. The largest absolute Gasteiger partial charge is 0.481 e. The van der Waals surface area contributed by atoms with Crippen molar-refractivity contribution in [2.45, 2.75) is 26.8 Å². The van der Waals surface area contributed by atoms with Crippen molar-refractivity contribution in [3.05, 3.63) is 36.0 Å². The number of aliphatic carboxylic acids is 1. The number of benzene rings is 1. The van der Waals surface area contributed by atoms with Crippen molar-refractivity contribution in [1.82, 2.24) is 9.88 Å². The number of hydrogen-bond donors (Lipinski definition) is 2. The topological polar surface area (TPSA) is 80.6 Å². The van der Waals surface area contributed by atoms with Gasteiger partial charge in [0.1, 0.15) is 0 Å². The Balaban J connectivity index is 2.17. The van der Waals surface area contributed by atoms with Gasteiger partial charge in [-0.2, -0.15) is 0 Å². The van der Waals surface area contributed by atoms with Gasteiger partial charge in [0, 0.05) is 37.3 Å². The fourth-order valence-electron chi connectivity index (χ4n) is 2.95. The summed E-state index contributed by atoms with van der Waals surface area (Å²) in [4.78, 5) is 24.0. The number of carbonyl (C=O) groups excluding carboxylic acids is 1. The molecule has 136 valence electrons. The fraction of sp³-hybridized carbons (Fsp3) is 0.474. The van der Waals surface area contributed by atoms with Crippen LogP contribution in [-0.2, 0) is 16.1 Å². The molecule has 6 heteroatoms. The van der Waals surface area contributed by atoms with E-state index in [0.29, 0.717) is 25.1 Å². The van der Waals surface area contributed by atoms with Crippen LogP contribution >= 0.6 is 0 Å². The van der Waals surface area contributed by atoms with E-state index in [0.717, 1.165) is 10.9 Å². The average Bonchev–Trinajstić information content (AvgIpc) is 2.95. The molecule has 0 saturated heterocycles. The smallest absolute Gasteiger partial charge is 0.308 e. The summed E-state index contributed by atoms with van der Waals surface area (Å²) in [5.74, 6) is -1.45. The summed E-state index contributed by atoms with van der Waals surface area (Å²) >= 11 is 0. The predicted molar refractivity (Wildman–Crippen MR) is 96.7 cm³/mol. The SMILES string of the molecule is COCCn1cc(C(=O)NCC(CC(C)C)C(=O)O)c2ccccc21. The van der Waals surface area contributed by atoms with Crippen molar-refractivity contribution < 1.29 is 19.4 Å². The van der Waals surface area contributed by atoms with Crippen molar-refractivity contribution in [3.63, 3.8) is 0 Å². The minimum Gasteiger partial charge on any atom is -0.481 e. The molecule has 1 amide bonds. The lowest BCUT2D eigenvalue weighted by atomic mass is 9.97. The van der Waals surface area contributed by atoms with Crippen molar-refractivity contribution in [2.75, 3.05) is 20.3 Å². The molecule has 2 rings (SSSR count). The van der Waals surface area contributed by atoms with E-state index < -0.39 is 11.9 Å². The molecule has 0 fully saturated rings. The number of hydrogen-bond acceptors (Lipinski definition) is 3. The molecular formula is C19H26N2O4. The Kier molecular flexibility index (Phi) is 6.58. The van der Waals surface area contributed by atoms with Crippen molar-refractivity contribution in [1.29, 1.82) is 0 Å². The summed E-state index contributed by atoms with van der Waals surface area (Å²) in [6, 6.07) is 7.67. The normalized spacial score (nSPS) is 12.5. The van der Waals surface area contributed by atoms with Crippen LogP contribution in [0.1, 0.15) is 30.6 Å². The molecule has 0 bridgehead atoms. The first kappa shape index (κ1) is 19.0. The number of ether oxygens (including phenoxy) is 1. The molecule has 0 aliphatic carbocycles. The van der Waals surface area contributed by atoms with Crippen LogP contribution in [0.15, 0.2) is 30.5 Å². The molecule has 2 N–H and O–H groups in total. The zero-order valence-corrected chi connectivity index (χ0v) is 15.0. The number of nitrogens with zero attached hydrogens (tertiary/aromatic N) is 1. The molecule has 1 atom stereocenters. The van der Waals surface area contributed by atoms with Gasteiger partial charge in [-0.25, -0.2) is 0 Å². The van der Waals surface area contributed by atoms with E-state index in [4.69, 9.17) is 4.74 Å². The van der Waals surface area contributed by atoms with Gasteiger partial charge >= 0.3 is 5.97 Å². The molecule has 25 heavy (non-hydrogen) atoms. The molecule has 6 nitrogen and oxygen atoms in total. The fourth-order valence-corrected chi connectivity index (χ4v) is 2.95. The summed E-state index contributed by atoms with van der Waals surface area (Å²) in [6.45, 7) is 5.27. The summed E-state index contributed by atoms with van der Waals surface area (Å²) in [5, 5.41) is 12.9. The van der Waals surface area contributed by atoms with Crippen LogP contribution in [0.4, 0.5) is 0 Å².